The van der Waals surface area contributed by atoms with Crippen LogP contribution in [0.4, 0.5) is 6.01 Å². The summed E-state index contributed by atoms with van der Waals surface area (Å²) in [5.41, 5.74) is 2.87. The summed E-state index contributed by atoms with van der Waals surface area (Å²) in [6.07, 6.45) is 2.12. The van der Waals surface area contributed by atoms with Crippen molar-refractivity contribution < 1.29 is 19.0 Å². The van der Waals surface area contributed by atoms with Crippen molar-refractivity contribution in [1.82, 2.24) is 9.88 Å². The number of nitrogens with zero attached hydrogens (tertiary/aromatic N) is 2. The number of rotatable bonds is 9. The highest BCUT2D eigenvalue weighted by Gasteiger charge is 2.21. The Morgan fingerprint density at radius 3 is 2.71 bits per heavy atom. The van der Waals surface area contributed by atoms with Gasteiger partial charge in [0.15, 0.2) is 17.1 Å². The number of anilines is 1. The van der Waals surface area contributed by atoms with E-state index in [-0.39, 0.29) is 19.3 Å². The van der Waals surface area contributed by atoms with E-state index in [9.17, 15) is 0 Å². The highest BCUT2D eigenvalue weighted by Crippen LogP contribution is 2.30. The van der Waals surface area contributed by atoms with Gasteiger partial charge in [-0.15, -0.1) is 0 Å². The molecule has 0 radical (unpaired) electrons. The number of piperidine rings is 1. The average molecular weight is 426 g/mol. The molecule has 2 heterocycles. The number of hydrogen-bond acceptors (Lipinski definition) is 7. The summed E-state index contributed by atoms with van der Waals surface area (Å²) in [5, 5.41) is 12.6. The Hall–Kier alpha value is -2.77. The molecule has 0 saturated carbocycles. The zero-order valence-electron chi connectivity index (χ0n) is 18.2. The molecule has 1 saturated heterocycles. The molecule has 31 heavy (non-hydrogen) atoms. The molecule has 0 amide bonds. The normalized spacial score (nSPS) is 15.5. The molecule has 0 bridgehead atoms. The molecule has 7 nitrogen and oxygen atoms in total. The number of hydrogen-bond donors (Lipinski definition) is 2. The lowest BCUT2D eigenvalue weighted by Gasteiger charge is -2.32. The number of para-hydroxylation sites is 2. The number of aliphatic hydroxyl groups excluding tert-OH is 1. The molecule has 0 atom stereocenters. The lowest BCUT2D eigenvalue weighted by atomic mass is 10.0. The highest BCUT2D eigenvalue weighted by molar-refractivity contribution is 5.74. The largest absolute Gasteiger partial charge is 0.487 e. The van der Waals surface area contributed by atoms with Gasteiger partial charge in [0.05, 0.1) is 12.7 Å². The fourth-order valence-electron chi connectivity index (χ4n) is 3.87. The van der Waals surface area contributed by atoms with Crippen molar-refractivity contribution in [2.75, 3.05) is 31.6 Å². The van der Waals surface area contributed by atoms with Crippen LogP contribution < -0.4 is 14.8 Å². The van der Waals surface area contributed by atoms with E-state index in [1.807, 2.05) is 50.2 Å². The van der Waals surface area contributed by atoms with Gasteiger partial charge in [-0.2, -0.15) is 4.98 Å². The van der Waals surface area contributed by atoms with Crippen LogP contribution in [0.3, 0.4) is 0 Å². The van der Waals surface area contributed by atoms with Crippen molar-refractivity contribution in [2.24, 2.45) is 0 Å². The van der Waals surface area contributed by atoms with Crippen LogP contribution in [-0.4, -0.2) is 53.4 Å². The maximum Gasteiger partial charge on any atom is 0.295 e. The van der Waals surface area contributed by atoms with Gasteiger partial charge < -0.3 is 24.3 Å². The minimum Gasteiger partial charge on any atom is -0.487 e. The maximum atomic E-state index is 9.11. The van der Waals surface area contributed by atoms with Crippen molar-refractivity contribution in [3.8, 4) is 11.5 Å². The van der Waals surface area contributed by atoms with Gasteiger partial charge in [-0.25, -0.2) is 0 Å². The third-order valence-corrected chi connectivity index (χ3v) is 5.33. The minimum atomic E-state index is -0.0219. The number of likely N-dealkylation sites (tertiary alicyclic amines) is 1. The van der Waals surface area contributed by atoms with Crippen LogP contribution in [0, 0.1) is 0 Å². The van der Waals surface area contributed by atoms with Gasteiger partial charge in [0, 0.05) is 25.7 Å². The molecule has 7 heteroatoms. The van der Waals surface area contributed by atoms with Crippen molar-refractivity contribution in [3.63, 3.8) is 0 Å². The Kier molecular flexibility index (Phi) is 6.94. The second-order valence-electron chi connectivity index (χ2n) is 8.20. The zero-order chi connectivity index (χ0) is 21.6. The van der Waals surface area contributed by atoms with E-state index in [0.717, 1.165) is 43.6 Å². The predicted molar refractivity (Wildman–Crippen MR) is 121 cm³/mol. The summed E-state index contributed by atoms with van der Waals surface area (Å²) in [6, 6.07) is 14.9. The van der Waals surface area contributed by atoms with Gasteiger partial charge in [-0.05, 0) is 56.5 Å². The first kappa shape index (κ1) is 21.5. The van der Waals surface area contributed by atoms with Gasteiger partial charge in [-0.3, -0.25) is 4.90 Å². The van der Waals surface area contributed by atoms with Gasteiger partial charge in [0.25, 0.3) is 6.01 Å². The monoisotopic (exact) mass is 425 g/mol. The summed E-state index contributed by atoms with van der Waals surface area (Å²) >= 11 is 0. The predicted octanol–water partition coefficient (Wildman–Crippen LogP) is 4.06. The average Bonchev–Trinajstić information content (AvgIpc) is 3.17. The van der Waals surface area contributed by atoms with E-state index in [0.29, 0.717) is 23.6 Å². The Morgan fingerprint density at radius 2 is 1.97 bits per heavy atom. The van der Waals surface area contributed by atoms with Crippen LogP contribution >= 0.6 is 0 Å². The molecular formula is C24H31N3O4. The van der Waals surface area contributed by atoms with E-state index in [4.69, 9.17) is 19.0 Å². The summed E-state index contributed by atoms with van der Waals surface area (Å²) < 4.78 is 17.3. The van der Waals surface area contributed by atoms with Gasteiger partial charge >= 0.3 is 0 Å². The number of ether oxygens (including phenoxy) is 2. The molecular weight excluding hydrogens is 394 g/mol. The van der Waals surface area contributed by atoms with Crippen LogP contribution in [0.5, 0.6) is 11.5 Å². The Labute approximate surface area is 183 Å². The molecule has 0 spiro atoms. The minimum absolute atomic E-state index is 0.0219. The SMILES string of the molecule is CC(C)Oc1ccc(CN2CCC(Nc3nc4ccccc4o3)CC2)cc1OCCO. The van der Waals surface area contributed by atoms with Crippen molar-refractivity contribution in [2.45, 2.75) is 45.4 Å². The van der Waals surface area contributed by atoms with Gasteiger partial charge in [0.2, 0.25) is 0 Å². The number of aromatic nitrogens is 1. The fourth-order valence-corrected chi connectivity index (χ4v) is 3.87. The molecule has 4 rings (SSSR count). The summed E-state index contributed by atoms with van der Waals surface area (Å²) in [5.74, 6) is 1.40. The molecule has 1 aliphatic rings. The summed E-state index contributed by atoms with van der Waals surface area (Å²) in [7, 11) is 0. The van der Waals surface area contributed by atoms with Crippen molar-refractivity contribution in [3.05, 3.63) is 48.0 Å². The third-order valence-electron chi connectivity index (χ3n) is 5.33. The lowest BCUT2D eigenvalue weighted by Crippen LogP contribution is -2.38. The lowest BCUT2D eigenvalue weighted by molar-refractivity contribution is 0.183. The molecule has 1 aromatic heterocycles. The van der Waals surface area contributed by atoms with E-state index in [2.05, 4.69) is 21.3 Å². The topological polar surface area (TPSA) is 80.0 Å². The first-order valence-corrected chi connectivity index (χ1v) is 11.0. The Balaban J connectivity index is 1.32. The molecule has 1 fully saturated rings. The van der Waals surface area contributed by atoms with E-state index in [1.54, 1.807) is 0 Å². The van der Waals surface area contributed by atoms with Crippen molar-refractivity contribution in [1.29, 1.82) is 0 Å². The first-order chi connectivity index (χ1) is 15.1. The van der Waals surface area contributed by atoms with Gasteiger partial charge in [0.1, 0.15) is 12.1 Å². The highest BCUT2D eigenvalue weighted by atomic mass is 16.5. The first-order valence-electron chi connectivity index (χ1n) is 11.0. The van der Waals surface area contributed by atoms with E-state index in [1.165, 1.54) is 5.56 Å². The third kappa shape index (κ3) is 5.68. The quantitative estimate of drug-likeness (QED) is 0.535. The number of aliphatic hydroxyl groups is 1. The number of fused-ring (bicyclic) bond motifs is 1. The molecule has 1 aliphatic heterocycles. The van der Waals surface area contributed by atoms with Crippen LogP contribution in [0.1, 0.15) is 32.3 Å². The number of benzene rings is 2. The second-order valence-corrected chi connectivity index (χ2v) is 8.20. The van der Waals surface area contributed by atoms with Crippen LogP contribution in [0.2, 0.25) is 0 Å². The molecule has 0 unspecified atom stereocenters. The summed E-state index contributed by atoms with van der Waals surface area (Å²) in [4.78, 5) is 6.96. The molecule has 2 N–H and O–H groups in total. The number of oxazole rings is 1. The molecule has 0 aliphatic carbocycles. The van der Waals surface area contributed by atoms with Crippen molar-refractivity contribution >= 4 is 17.1 Å². The molecule has 166 valence electrons. The second kappa shape index (κ2) is 10.0. The van der Waals surface area contributed by atoms with E-state index < -0.39 is 0 Å². The Bertz CT molecular complexity index is 947. The van der Waals surface area contributed by atoms with Crippen LogP contribution in [0.25, 0.3) is 11.1 Å². The number of nitrogens with one attached hydrogen (secondary N) is 1. The van der Waals surface area contributed by atoms with Gasteiger partial charge in [-0.1, -0.05) is 18.2 Å². The van der Waals surface area contributed by atoms with E-state index >= 15 is 0 Å². The zero-order valence-corrected chi connectivity index (χ0v) is 18.2. The Morgan fingerprint density at radius 1 is 1.16 bits per heavy atom. The molecule has 3 aromatic rings. The van der Waals surface area contributed by atoms with Crippen LogP contribution in [-0.2, 0) is 6.54 Å². The maximum absolute atomic E-state index is 9.11. The summed E-state index contributed by atoms with van der Waals surface area (Å²) in [6.45, 7) is 7.05. The fraction of sp³-hybridized carbons (Fsp3) is 0.458. The standard InChI is InChI=1S/C24H31N3O4/c1-17(2)30-22-8-7-18(15-23(22)29-14-13-28)16-27-11-9-19(10-12-27)25-24-26-20-5-3-4-6-21(20)31-24/h3-8,15,17,19,28H,9-14,16H2,1-2H3,(H,25,26). The molecule has 2 aromatic carbocycles. The van der Waals surface area contributed by atoms with Crippen LogP contribution in [0.15, 0.2) is 46.9 Å². The smallest absolute Gasteiger partial charge is 0.295 e.